The van der Waals surface area contributed by atoms with Crippen LogP contribution in [0.25, 0.3) is 6.08 Å². The molecule has 1 nitrogen and oxygen atoms in total. The van der Waals surface area contributed by atoms with Crippen LogP contribution in [-0.4, -0.2) is 7.11 Å². The Morgan fingerprint density at radius 1 is 1.42 bits per heavy atom. The van der Waals surface area contributed by atoms with E-state index in [0.29, 0.717) is 5.02 Å². The Hall–Kier alpha value is -0.660. The van der Waals surface area contributed by atoms with Crippen LogP contribution in [0.4, 0.5) is 0 Å². The molecule has 0 spiro atoms. The first-order valence-corrected chi connectivity index (χ1v) is 4.19. The molecule has 0 atom stereocenters. The summed E-state index contributed by atoms with van der Waals surface area (Å²) in [5.41, 5.74) is 2.27. The maximum absolute atomic E-state index is 5.87. The summed E-state index contributed by atoms with van der Waals surface area (Å²) in [4.78, 5) is 0. The van der Waals surface area contributed by atoms with E-state index in [1.807, 2.05) is 6.07 Å². The van der Waals surface area contributed by atoms with E-state index in [0.717, 1.165) is 11.3 Å². The third-order valence-electron chi connectivity index (χ3n) is 1.45. The number of halogens is 2. The molecule has 0 fully saturated rings. The smallest absolute Gasteiger partial charge is 0.119 e. The van der Waals surface area contributed by atoms with E-state index in [1.165, 1.54) is 5.54 Å². The van der Waals surface area contributed by atoms with Crippen molar-refractivity contribution in [3.63, 3.8) is 0 Å². The first-order chi connectivity index (χ1) is 5.77. The predicted octanol–water partition coefficient (Wildman–Crippen LogP) is 3.56. The molecule has 0 aromatic heterocycles. The molecule has 1 aromatic rings. The minimum absolute atomic E-state index is 0.660. The summed E-state index contributed by atoms with van der Waals surface area (Å²) in [6.45, 7) is 0. The lowest BCUT2D eigenvalue weighted by molar-refractivity contribution is 0.414. The highest BCUT2D eigenvalue weighted by Gasteiger charge is 1.97. The summed E-state index contributed by atoms with van der Waals surface area (Å²) in [6.07, 6.45) is 1.71. The summed E-state index contributed by atoms with van der Waals surface area (Å²) >= 11 is 11.3. The zero-order valence-electron chi connectivity index (χ0n) is 6.55. The van der Waals surface area contributed by atoms with Gasteiger partial charge in [-0.3, -0.25) is 0 Å². The monoisotopic (exact) mass is 202 g/mol. The van der Waals surface area contributed by atoms with Crippen LogP contribution in [-0.2, 0) is 0 Å². The third-order valence-corrected chi connectivity index (χ3v) is 1.92. The Kier molecular flexibility index (Phi) is 3.45. The van der Waals surface area contributed by atoms with Crippen molar-refractivity contribution >= 4 is 29.3 Å². The van der Waals surface area contributed by atoms with Crippen LogP contribution in [0.15, 0.2) is 23.7 Å². The van der Waals surface area contributed by atoms with Gasteiger partial charge in [0.05, 0.1) is 7.11 Å². The van der Waals surface area contributed by atoms with Gasteiger partial charge in [-0.2, -0.15) is 0 Å². The Labute approximate surface area is 81.6 Å². The van der Waals surface area contributed by atoms with Crippen LogP contribution in [0.3, 0.4) is 0 Å². The summed E-state index contributed by atoms with van der Waals surface area (Å²) < 4.78 is 5.02. The molecule has 3 heteroatoms. The van der Waals surface area contributed by atoms with Crippen LogP contribution < -0.4 is 4.74 Å². The van der Waals surface area contributed by atoms with Gasteiger partial charge in [-0.25, -0.2) is 0 Å². The van der Waals surface area contributed by atoms with E-state index in [1.54, 1.807) is 25.3 Å². The molecule has 0 bridgehead atoms. The Morgan fingerprint density at radius 3 is 2.75 bits per heavy atom. The number of hydrogen-bond donors (Lipinski definition) is 0. The minimum atomic E-state index is 0.660. The van der Waals surface area contributed by atoms with Crippen molar-refractivity contribution in [2.24, 2.45) is 0 Å². The highest BCUT2D eigenvalue weighted by Crippen LogP contribution is 2.23. The average molecular weight is 203 g/mol. The fourth-order valence-corrected chi connectivity index (χ4v) is 1.16. The molecule has 0 aliphatic heterocycles. The third kappa shape index (κ3) is 2.16. The van der Waals surface area contributed by atoms with Crippen molar-refractivity contribution in [2.45, 2.75) is 0 Å². The van der Waals surface area contributed by atoms with Crippen LogP contribution in [0.2, 0.25) is 5.02 Å². The summed E-state index contributed by atoms with van der Waals surface area (Å²) in [5, 5.41) is 0.660. The van der Waals surface area contributed by atoms with Crippen molar-refractivity contribution in [1.29, 1.82) is 0 Å². The molecular formula is C9H8Cl2O. The standard InChI is InChI=1S/C9H8Cl2O/c1-12-8-2-3-9(11)7(6-8)4-5-10/h2-6H,1H3/b5-4-. The lowest BCUT2D eigenvalue weighted by atomic mass is 10.2. The molecule has 0 N–H and O–H groups in total. The van der Waals surface area contributed by atoms with Crippen molar-refractivity contribution in [2.75, 3.05) is 7.11 Å². The minimum Gasteiger partial charge on any atom is -0.497 e. The molecule has 0 amide bonds. The van der Waals surface area contributed by atoms with E-state index >= 15 is 0 Å². The molecular weight excluding hydrogens is 195 g/mol. The summed E-state index contributed by atoms with van der Waals surface area (Å²) in [6, 6.07) is 5.39. The van der Waals surface area contributed by atoms with Crippen molar-refractivity contribution in [3.05, 3.63) is 34.3 Å². The second-order valence-corrected chi connectivity index (χ2v) is 2.84. The topological polar surface area (TPSA) is 9.23 Å². The molecule has 0 unspecified atom stereocenters. The lowest BCUT2D eigenvalue weighted by Crippen LogP contribution is -1.83. The van der Waals surface area contributed by atoms with Gasteiger partial charge in [-0.1, -0.05) is 23.2 Å². The Balaban J connectivity index is 3.08. The maximum Gasteiger partial charge on any atom is 0.119 e. The van der Waals surface area contributed by atoms with E-state index in [4.69, 9.17) is 27.9 Å². The predicted molar refractivity (Wildman–Crippen MR) is 52.9 cm³/mol. The first kappa shape index (κ1) is 9.43. The first-order valence-electron chi connectivity index (χ1n) is 3.38. The van der Waals surface area contributed by atoms with Gasteiger partial charge >= 0.3 is 0 Å². The normalized spacial score (nSPS) is 10.6. The average Bonchev–Trinajstić information content (AvgIpc) is 2.09. The van der Waals surface area contributed by atoms with Crippen LogP contribution >= 0.6 is 23.2 Å². The number of rotatable bonds is 2. The second kappa shape index (κ2) is 4.39. The van der Waals surface area contributed by atoms with Crippen molar-refractivity contribution in [3.8, 4) is 5.75 Å². The zero-order valence-corrected chi connectivity index (χ0v) is 8.06. The fraction of sp³-hybridized carbons (Fsp3) is 0.111. The number of methoxy groups -OCH3 is 1. The highest BCUT2D eigenvalue weighted by molar-refractivity contribution is 6.33. The van der Waals surface area contributed by atoms with E-state index in [2.05, 4.69) is 0 Å². The molecule has 1 rings (SSSR count). The molecule has 0 aliphatic carbocycles. The zero-order chi connectivity index (χ0) is 8.97. The van der Waals surface area contributed by atoms with Gasteiger partial charge in [0.1, 0.15) is 5.75 Å². The number of hydrogen-bond acceptors (Lipinski definition) is 1. The largest absolute Gasteiger partial charge is 0.497 e. The maximum atomic E-state index is 5.87. The van der Waals surface area contributed by atoms with Gasteiger partial charge in [0.15, 0.2) is 0 Å². The molecule has 0 radical (unpaired) electrons. The Bertz CT molecular complexity index is 295. The highest BCUT2D eigenvalue weighted by atomic mass is 35.5. The van der Waals surface area contributed by atoms with Gasteiger partial charge < -0.3 is 4.74 Å². The van der Waals surface area contributed by atoms with E-state index in [-0.39, 0.29) is 0 Å². The molecule has 12 heavy (non-hydrogen) atoms. The number of benzene rings is 1. The van der Waals surface area contributed by atoms with Gasteiger partial charge in [-0.05, 0) is 29.8 Å². The van der Waals surface area contributed by atoms with Crippen molar-refractivity contribution in [1.82, 2.24) is 0 Å². The van der Waals surface area contributed by atoms with Gasteiger partial charge in [0, 0.05) is 10.6 Å². The summed E-state index contributed by atoms with van der Waals surface area (Å²) in [7, 11) is 1.61. The van der Waals surface area contributed by atoms with Crippen LogP contribution in [0, 0.1) is 0 Å². The van der Waals surface area contributed by atoms with Crippen molar-refractivity contribution < 1.29 is 4.74 Å². The van der Waals surface area contributed by atoms with Crippen LogP contribution in [0.1, 0.15) is 5.56 Å². The molecule has 0 saturated carbocycles. The number of ether oxygens (including phenoxy) is 1. The fourth-order valence-electron chi connectivity index (χ4n) is 0.844. The molecule has 0 aliphatic rings. The molecule has 1 aromatic carbocycles. The van der Waals surface area contributed by atoms with E-state index < -0.39 is 0 Å². The SMILES string of the molecule is COc1ccc(Cl)c(/C=C\Cl)c1. The van der Waals surface area contributed by atoms with E-state index in [9.17, 15) is 0 Å². The molecule has 64 valence electrons. The molecule has 0 saturated heterocycles. The summed E-state index contributed by atoms with van der Waals surface area (Å²) in [5.74, 6) is 0.768. The second-order valence-electron chi connectivity index (χ2n) is 2.18. The van der Waals surface area contributed by atoms with Gasteiger partial charge in [-0.15, -0.1) is 0 Å². The quantitative estimate of drug-likeness (QED) is 0.713. The van der Waals surface area contributed by atoms with Gasteiger partial charge in [0.25, 0.3) is 0 Å². The molecule has 0 heterocycles. The van der Waals surface area contributed by atoms with Gasteiger partial charge in [0.2, 0.25) is 0 Å². The van der Waals surface area contributed by atoms with Crippen LogP contribution in [0.5, 0.6) is 5.75 Å². The Morgan fingerprint density at radius 2 is 2.17 bits per heavy atom. The lowest BCUT2D eigenvalue weighted by Gasteiger charge is -2.01.